The van der Waals surface area contributed by atoms with Crippen LogP contribution in [0.15, 0.2) is 36.5 Å². The number of carboxylic acid groups (broad SMARTS) is 1. The Balaban J connectivity index is 3.30. The van der Waals surface area contributed by atoms with Gasteiger partial charge in [0.15, 0.2) is 0 Å². The van der Waals surface area contributed by atoms with Crippen molar-refractivity contribution in [3.63, 3.8) is 0 Å². The van der Waals surface area contributed by atoms with Crippen LogP contribution < -0.4 is 0 Å². The molecule has 0 rings (SSSR count). The van der Waals surface area contributed by atoms with Crippen LogP contribution in [0.3, 0.4) is 0 Å². The number of aliphatic carboxylic acids is 1. The fourth-order valence-corrected chi connectivity index (χ4v) is 2.01. The zero-order chi connectivity index (χ0) is 15.6. The molecule has 0 atom stereocenters. The van der Waals surface area contributed by atoms with Gasteiger partial charge in [0.05, 0.1) is 0 Å². The fraction of sp³-hybridized carbons (Fsp3) is 0.632. The van der Waals surface area contributed by atoms with E-state index in [1.54, 1.807) is 0 Å². The molecule has 0 aromatic carbocycles. The van der Waals surface area contributed by atoms with Crippen LogP contribution in [0.5, 0.6) is 0 Å². The maximum absolute atomic E-state index is 10.3. The molecule has 0 radical (unpaired) electrons. The van der Waals surface area contributed by atoms with Crippen LogP contribution >= 0.6 is 0 Å². The molecule has 1 N–H and O–H groups in total. The van der Waals surface area contributed by atoms with E-state index in [2.05, 4.69) is 43.4 Å². The maximum atomic E-state index is 10.3. The molecule has 0 saturated carbocycles. The normalized spacial score (nSPS) is 12.0. The van der Waals surface area contributed by atoms with Crippen LogP contribution in [-0.4, -0.2) is 11.1 Å². The zero-order valence-electron chi connectivity index (χ0n) is 13.6. The van der Waals surface area contributed by atoms with Gasteiger partial charge in [0.1, 0.15) is 0 Å². The average molecular weight is 292 g/mol. The summed E-state index contributed by atoms with van der Waals surface area (Å²) < 4.78 is 0. The molecule has 0 heterocycles. The Hall–Kier alpha value is -1.31. The Bertz CT molecular complexity index is 314. The predicted octanol–water partition coefficient (Wildman–Crippen LogP) is 6.05. The molecule has 0 bridgehead atoms. The van der Waals surface area contributed by atoms with E-state index in [-0.39, 0.29) is 0 Å². The number of allylic oxidation sites excluding steroid dienone is 6. The summed E-state index contributed by atoms with van der Waals surface area (Å²) in [4.78, 5) is 10.3. The number of hydrogen-bond acceptors (Lipinski definition) is 1. The number of rotatable bonds is 14. The summed E-state index contributed by atoms with van der Waals surface area (Å²) >= 11 is 0. The van der Waals surface area contributed by atoms with Gasteiger partial charge < -0.3 is 5.11 Å². The third-order valence-electron chi connectivity index (χ3n) is 3.28. The van der Waals surface area contributed by atoms with Gasteiger partial charge in [-0.15, -0.1) is 0 Å². The van der Waals surface area contributed by atoms with Crippen LogP contribution in [0.1, 0.15) is 77.6 Å². The fourth-order valence-electron chi connectivity index (χ4n) is 2.01. The van der Waals surface area contributed by atoms with Crippen LogP contribution in [0.4, 0.5) is 0 Å². The summed E-state index contributed by atoms with van der Waals surface area (Å²) in [5.41, 5.74) is 0. The van der Waals surface area contributed by atoms with E-state index in [4.69, 9.17) is 5.11 Å². The first-order chi connectivity index (χ1) is 10.3. The molecular weight excluding hydrogens is 260 g/mol. The molecule has 0 aliphatic rings. The van der Waals surface area contributed by atoms with Gasteiger partial charge in [-0.3, -0.25) is 4.79 Å². The molecule has 0 aromatic rings. The number of carbonyl (C=O) groups is 1. The summed E-state index contributed by atoms with van der Waals surface area (Å²) in [5.74, 6) is -0.685. The van der Waals surface area contributed by atoms with Gasteiger partial charge in [-0.25, -0.2) is 0 Å². The molecule has 21 heavy (non-hydrogen) atoms. The van der Waals surface area contributed by atoms with Crippen LogP contribution in [0.2, 0.25) is 0 Å². The Morgan fingerprint density at radius 3 is 1.81 bits per heavy atom. The minimum Gasteiger partial charge on any atom is -0.481 e. The SMILES string of the molecule is CCCCC/C=C/C/C=C/C/C=C/CCCCCC(=O)O. The van der Waals surface area contributed by atoms with Crippen molar-refractivity contribution in [2.45, 2.75) is 77.6 Å². The predicted molar refractivity (Wildman–Crippen MR) is 91.5 cm³/mol. The minimum absolute atomic E-state index is 0.304. The van der Waals surface area contributed by atoms with Crippen molar-refractivity contribution in [3.05, 3.63) is 36.5 Å². The smallest absolute Gasteiger partial charge is 0.303 e. The molecular formula is C19H32O2. The lowest BCUT2D eigenvalue weighted by atomic mass is 10.1. The second-order valence-corrected chi connectivity index (χ2v) is 5.37. The highest BCUT2D eigenvalue weighted by atomic mass is 16.4. The van der Waals surface area contributed by atoms with Crippen LogP contribution in [0.25, 0.3) is 0 Å². The number of carboxylic acids is 1. The number of hydrogen-bond donors (Lipinski definition) is 1. The molecule has 0 saturated heterocycles. The molecule has 0 amide bonds. The van der Waals surface area contributed by atoms with E-state index in [0.717, 1.165) is 38.5 Å². The Morgan fingerprint density at radius 1 is 0.762 bits per heavy atom. The third-order valence-corrected chi connectivity index (χ3v) is 3.28. The van der Waals surface area contributed by atoms with Gasteiger partial charge in [0.25, 0.3) is 0 Å². The summed E-state index contributed by atoms with van der Waals surface area (Å²) in [5, 5.41) is 8.50. The quantitative estimate of drug-likeness (QED) is 0.312. The minimum atomic E-state index is -0.685. The van der Waals surface area contributed by atoms with Gasteiger partial charge >= 0.3 is 5.97 Å². The van der Waals surface area contributed by atoms with Crippen molar-refractivity contribution in [2.24, 2.45) is 0 Å². The Morgan fingerprint density at radius 2 is 1.29 bits per heavy atom. The van der Waals surface area contributed by atoms with E-state index in [9.17, 15) is 4.79 Å². The Kier molecular flexibility index (Phi) is 15.7. The van der Waals surface area contributed by atoms with Crippen molar-refractivity contribution >= 4 is 5.97 Å². The molecule has 0 aliphatic carbocycles. The van der Waals surface area contributed by atoms with E-state index in [0.29, 0.717) is 6.42 Å². The highest BCUT2D eigenvalue weighted by Crippen LogP contribution is 2.04. The van der Waals surface area contributed by atoms with Gasteiger partial charge in [0.2, 0.25) is 0 Å². The number of unbranched alkanes of at least 4 members (excludes halogenated alkanes) is 6. The topological polar surface area (TPSA) is 37.3 Å². The maximum Gasteiger partial charge on any atom is 0.303 e. The third kappa shape index (κ3) is 18.7. The summed E-state index contributed by atoms with van der Waals surface area (Å²) in [6.07, 6.45) is 24.8. The lowest BCUT2D eigenvalue weighted by Crippen LogP contribution is -1.93. The van der Waals surface area contributed by atoms with Crippen molar-refractivity contribution in [3.8, 4) is 0 Å². The molecule has 0 fully saturated rings. The standard InChI is InChI=1S/C19H32O2/c1-2-3-4-5-6-7-8-9-10-11-12-13-14-15-16-17-18-19(20)21/h6-7,9-10,12-13H,2-5,8,11,14-18H2,1H3,(H,20,21)/b7-6+,10-9+,13-12+. The molecule has 0 aromatic heterocycles. The largest absolute Gasteiger partial charge is 0.481 e. The first-order valence-electron chi connectivity index (χ1n) is 8.44. The highest BCUT2D eigenvalue weighted by molar-refractivity contribution is 5.66. The highest BCUT2D eigenvalue weighted by Gasteiger charge is 1.94. The van der Waals surface area contributed by atoms with Crippen molar-refractivity contribution < 1.29 is 9.90 Å². The molecule has 0 aliphatic heterocycles. The lowest BCUT2D eigenvalue weighted by Gasteiger charge is -1.94. The second-order valence-electron chi connectivity index (χ2n) is 5.37. The molecule has 0 unspecified atom stereocenters. The van der Waals surface area contributed by atoms with Crippen LogP contribution in [-0.2, 0) is 4.79 Å². The monoisotopic (exact) mass is 292 g/mol. The molecule has 2 heteroatoms. The van der Waals surface area contributed by atoms with Crippen molar-refractivity contribution in [1.82, 2.24) is 0 Å². The first-order valence-corrected chi connectivity index (χ1v) is 8.44. The van der Waals surface area contributed by atoms with E-state index in [1.165, 1.54) is 25.7 Å². The molecule has 120 valence electrons. The van der Waals surface area contributed by atoms with Crippen molar-refractivity contribution in [1.29, 1.82) is 0 Å². The molecule has 2 nitrogen and oxygen atoms in total. The summed E-state index contributed by atoms with van der Waals surface area (Å²) in [6.45, 7) is 2.23. The Labute approximate surface area is 130 Å². The van der Waals surface area contributed by atoms with Crippen molar-refractivity contribution in [2.75, 3.05) is 0 Å². The second kappa shape index (κ2) is 16.7. The van der Waals surface area contributed by atoms with E-state index in [1.807, 2.05) is 0 Å². The van der Waals surface area contributed by atoms with E-state index < -0.39 is 5.97 Å². The average Bonchev–Trinajstić information content (AvgIpc) is 2.46. The van der Waals surface area contributed by atoms with Gasteiger partial charge in [0, 0.05) is 6.42 Å². The summed E-state index contributed by atoms with van der Waals surface area (Å²) in [6, 6.07) is 0. The zero-order valence-corrected chi connectivity index (χ0v) is 13.6. The van der Waals surface area contributed by atoms with Gasteiger partial charge in [-0.05, 0) is 44.9 Å². The van der Waals surface area contributed by atoms with E-state index >= 15 is 0 Å². The van der Waals surface area contributed by atoms with Gasteiger partial charge in [-0.2, -0.15) is 0 Å². The first kappa shape index (κ1) is 19.7. The molecule has 0 spiro atoms. The van der Waals surface area contributed by atoms with Crippen LogP contribution in [0, 0.1) is 0 Å². The summed E-state index contributed by atoms with van der Waals surface area (Å²) in [7, 11) is 0. The lowest BCUT2D eigenvalue weighted by molar-refractivity contribution is -0.137. The van der Waals surface area contributed by atoms with Gasteiger partial charge in [-0.1, -0.05) is 62.6 Å².